The summed E-state index contributed by atoms with van der Waals surface area (Å²) in [6.07, 6.45) is 7.07. The summed E-state index contributed by atoms with van der Waals surface area (Å²) >= 11 is 0. The van der Waals surface area contributed by atoms with E-state index in [2.05, 4.69) is 30.4 Å². The third-order valence-electron chi connectivity index (χ3n) is 4.69. The van der Waals surface area contributed by atoms with Crippen LogP contribution in [0.1, 0.15) is 37.4 Å². The highest BCUT2D eigenvalue weighted by Crippen LogP contribution is 2.32. The quantitative estimate of drug-likeness (QED) is 0.640. The van der Waals surface area contributed by atoms with Gasteiger partial charge in [0.25, 0.3) is 0 Å². The summed E-state index contributed by atoms with van der Waals surface area (Å²) in [5, 5.41) is 22.5. The molecule has 1 atom stereocenters. The van der Waals surface area contributed by atoms with Crippen LogP contribution >= 0.6 is 0 Å². The van der Waals surface area contributed by atoms with Crippen molar-refractivity contribution < 1.29 is 4.92 Å². The average Bonchev–Trinajstić information content (AvgIpc) is 3.32. The van der Waals surface area contributed by atoms with E-state index in [1.54, 1.807) is 6.33 Å². The van der Waals surface area contributed by atoms with Crippen molar-refractivity contribution in [1.82, 2.24) is 24.7 Å². The Morgan fingerprint density at radius 1 is 1.36 bits per heavy atom. The van der Waals surface area contributed by atoms with E-state index in [0.29, 0.717) is 11.8 Å². The molecular formula is C15H20N8O2. The van der Waals surface area contributed by atoms with Crippen molar-refractivity contribution in [2.24, 2.45) is 7.05 Å². The fourth-order valence-corrected chi connectivity index (χ4v) is 3.21. The zero-order valence-corrected chi connectivity index (χ0v) is 14.0. The third kappa shape index (κ3) is 3.24. The number of hydrogen-bond donors (Lipinski definition) is 1. The molecule has 0 unspecified atom stereocenters. The minimum atomic E-state index is -0.437. The monoisotopic (exact) mass is 344 g/mol. The molecule has 0 spiro atoms. The van der Waals surface area contributed by atoms with Crippen molar-refractivity contribution in [2.75, 3.05) is 23.3 Å². The smallest absolute Gasteiger partial charge is 0.329 e. The minimum Gasteiger partial charge on any atom is -0.361 e. The molecule has 0 radical (unpaired) electrons. The van der Waals surface area contributed by atoms with Crippen LogP contribution in [0.15, 0.2) is 12.5 Å². The highest BCUT2D eigenvalue weighted by atomic mass is 16.6. The topological polar surface area (TPSA) is 115 Å². The molecule has 1 N–H and O–H groups in total. The molecule has 0 bridgehead atoms. The molecule has 10 heteroatoms. The van der Waals surface area contributed by atoms with Gasteiger partial charge in [-0.1, -0.05) is 0 Å². The minimum absolute atomic E-state index is 0.0717. The van der Waals surface area contributed by atoms with Gasteiger partial charge < -0.3 is 14.8 Å². The van der Waals surface area contributed by atoms with E-state index < -0.39 is 4.92 Å². The van der Waals surface area contributed by atoms with Gasteiger partial charge in [-0.05, 0) is 25.7 Å². The lowest BCUT2D eigenvalue weighted by molar-refractivity contribution is -0.384. The van der Waals surface area contributed by atoms with Crippen LogP contribution < -0.4 is 10.2 Å². The first-order valence-corrected chi connectivity index (χ1v) is 8.48. The van der Waals surface area contributed by atoms with Crippen LogP contribution in [0.2, 0.25) is 0 Å². The molecule has 0 amide bonds. The lowest BCUT2D eigenvalue weighted by atomic mass is 9.97. The first-order chi connectivity index (χ1) is 12.1. The molecule has 2 aliphatic rings. The Morgan fingerprint density at radius 2 is 2.20 bits per heavy atom. The first kappa shape index (κ1) is 15.7. The number of nitrogens with zero attached hydrogens (tertiary/aromatic N) is 7. The van der Waals surface area contributed by atoms with Crippen LogP contribution in [0.25, 0.3) is 0 Å². The van der Waals surface area contributed by atoms with Crippen LogP contribution in [-0.2, 0) is 7.05 Å². The van der Waals surface area contributed by atoms with Crippen LogP contribution in [0.3, 0.4) is 0 Å². The van der Waals surface area contributed by atoms with Crippen molar-refractivity contribution in [3.63, 3.8) is 0 Å². The molecule has 1 saturated carbocycles. The second-order valence-electron chi connectivity index (χ2n) is 6.66. The maximum absolute atomic E-state index is 11.2. The van der Waals surface area contributed by atoms with E-state index in [9.17, 15) is 10.1 Å². The molecule has 132 valence electrons. The van der Waals surface area contributed by atoms with Crippen molar-refractivity contribution >= 4 is 17.5 Å². The maximum atomic E-state index is 11.2. The average molecular weight is 344 g/mol. The fourth-order valence-electron chi connectivity index (χ4n) is 3.21. The zero-order valence-electron chi connectivity index (χ0n) is 14.0. The number of nitrogens with one attached hydrogen (secondary N) is 1. The van der Waals surface area contributed by atoms with Gasteiger partial charge in [-0.15, -0.1) is 10.2 Å². The fraction of sp³-hybridized carbons (Fsp3) is 0.600. The van der Waals surface area contributed by atoms with Gasteiger partial charge in [0.1, 0.15) is 18.3 Å². The van der Waals surface area contributed by atoms with Gasteiger partial charge in [0.15, 0.2) is 0 Å². The summed E-state index contributed by atoms with van der Waals surface area (Å²) in [4.78, 5) is 21.5. The summed E-state index contributed by atoms with van der Waals surface area (Å²) in [6.45, 7) is 1.56. The summed E-state index contributed by atoms with van der Waals surface area (Å²) < 4.78 is 1.94. The Morgan fingerprint density at radius 3 is 2.88 bits per heavy atom. The van der Waals surface area contributed by atoms with E-state index in [1.807, 2.05) is 11.6 Å². The molecule has 10 nitrogen and oxygen atoms in total. The summed E-state index contributed by atoms with van der Waals surface area (Å²) in [6, 6.07) is 0.286. The van der Waals surface area contributed by atoms with Crippen molar-refractivity contribution in [1.29, 1.82) is 0 Å². The number of nitro groups is 1. The largest absolute Gasteiger partial charge is 0.361 e. The summed E-state index contributed by atoms with van der Waals surface area (Å²) in [5.41, 5.74) is -0.0717. The number of piperidine rings is 1. The number of hydrogen-bond acceptors (Lipinski definition) is 8. The SMILES string of the molecule is Cn1cnnc1[C@H]1CCCN(c2ncc([N+](=O)[O-])c(NC3CC3)n2)C1. The lowest BCUT2D eigenvalue weighted by Crippen LogP contribution is -2.36. The van der Waals surface area contributed by atoms with Gasteiger partial charge in [0.2, 0.25) is 11.8 Å². The highest BCUT2D eigenvalue weighted by molar-refractivity contribution is 5.58. The normalized spacial score (nSPS) is 20.5. The molecule has 1 aliphatic heterocycles. The summed E-state index contributed by atoms with van der Waals surface area (Å²) in [5.74, 6) is 2.04. The number of anilines is 2. The Bertz CT molecular complexity index is 788. The Hall–Kier alpha value is -2.78. The predicted octanol–water partition coefficient (Wildman–Crippen LogP) is 1.47. The van der Waals surface area contributed by atoms with E-state index in [-0.39, 0.29) is 17.6 Å². The third-order valence-corrected chi connectivity index (χ3v) is 4.69. The molecule has 25 heavy (non-hydrogen) atoms. The Kier molecular flexibility index (Phi) is 3.94. The molecule has 4 rings (SSSR count). The van der Waals surface area contributed by atoms with Crippen LogP contribution in [-0.4, -0.2) is 48.8 Å². The number of aryl methyl sites for hydroxylation is 1. The standard InChI is InChI=1S/C15H20N8O2/c1-21-9-17-20-14(21)10-3-2-6-22(8-10)15-16-7-12(23(24)25)13(19-15)18-11-4-5-11/h7,9-11H,2-6,8H2,1H3,(H,16,18,19)/t10-/m0/s1. The number of aromatic nitrogens is 5. The molecule has 1 aliphatic carbocycles. The number of rotatable bonds is 5. The molecule has 2 aromatic heterocycles. The molecule has 1 saturated heterocycles. The second kappa shape index (κ2) is 6.26. The predicted molar refractivity (Wildman–Crippen MR) is 90.5 cm³/mol. The van der Waals surface area contributed by atoms with E-state index in [0.717, 1.165) is 44.6 Å². The molecule has 2 fully saturated rings. The Balaban J connectivity index is 1.58. The van der Waals surface area contributed by atoms with Gasteiger partial charge in [0, 0.05) is 32.1 Å². The zero-order chi connectivity index (χ0) is 17.4. The molecular weight excluding hydrogens is 324 g/mol. The van der Waals surface area contributed by atoms with Crippen LogP contribution in [0.4, 0.5) is 17.5 Å². The Labute approximate surface area is 144 Å². The van der Waals surface area contributed by atoms with E-state index in [4.69, 9.17) is 0 Å². The lowest BCUT2D eigenvalue weighted by Gasteiger charge is -2.32. The van der Waals surface area contributed by atoms with Gasteiger partial charge in [0.05, 0.1) is 4.92 Å². The molecule has 3 heterocycles. The van der Waals surface area contributed by atoms with Crippen LogP contribution in [0, 0.1) is 10.1 Å². The second-order valence-corrected chi connectivity index (χ2v) is 6.66. The van der Waals surface area contributed by atoms with Crippen molar-refractivity contribution in [3.05, 3.63) is 28.5 Å². The van der Waals surface area contributed by atoms with Crippen molar-refractivity contribution in [2.45, 2.75) is 37.6 Å². The van der Waals surface area contributed by atoms with Gasteiger partial charge in [-0.2, -0.15) is 4.98 Å². The highest BCUT2D eigenvalue weighted by Gasteiger charge is 2.30. The first-order valence-electron chi connectivity index (χ1n) is 8.48. The van der Waals surface area contributed by atoms with Crippen molar-refractivity contribution in [3.8, 4) is 0 Å². The van der Waals surface area contributed by atoms with Gasteiger partial charge in [-0.3, -0.25) is 10.1 Å². The van der Waals surface area contributed by atoms with Gasteiger partial charge in [-0.25, -0.2) is 4.98 Å². The maximum Gasteiger partial charge on any atom is 0.329 e. The molecule has 0 aromatic carbocycles. The van der Waals surface area contributed by atoms with E-state index >= 15 is 0 Å². The van der Waals surface area contributed by atoms with Gasteiger partial charge >= 0.3 is 5.69 Å². The van der Waals surface area contributed by atoms with E-state index in [1.165, 1.54) is 6.20 Å². The van der Waals surface area contributed by atoms with Crippen LogP contribution in [0.5, 0.6) is 0 Å². The molecule has 2 aromatic rings. The summed E-state index contributed by atoms with van der Waals surface area (Å²) in [7, 11) is 1.94.